The monoisotopic (exact) mass is 398 g/mol. The van der Waals surface area contributed by atoms with Crippen molar-refractivity contribution >= 4 is 16.1 Å². The fraction of sp³-hybridized carbons (Fsp3) is 0.278. The maximum atomic E-state index is 12.7. The van der Waals surface area contributed by atoms with E-state index in [4.69, 9.17) is 4.74 Å². The van der Waals surface area contributed by atoms with Gasteiger partial charge in [0.25, 0.3) is 0 Å². The molecule has 144 valence electrons. The third-order valence-corrected chi connectivity index (χ3v) is 5.58. The molecule has 0 bridgehead atoms. The molecule has 5 nitrogen and oxygen atoms in total. The molecule has 1 fully saturated rings. The van der Waals surface area contributed by atoms with Crippen molar-refractivity contribution in [2.45, 2.75) is 18.7 Å². The molecule has 2 aromatic rings. The van der Waals surface area contributed by atoms with E-state index in [0.29, 0.717) is 6.42 Å². The number of hydrogen-bond donors (Lipinski definition) is 0. The third-order valence-electron chi connectivity index (χ3n) is 4.05. The third kappa shape index (κ3) is 5.08. The zero-order chi connectivity index (χ0) is 19.5. The van der Waals surface area contributed by atoms with Crippen LogP contribution in [0.3, 0.4) is 0 Å². The normalized spacial score (nSPS) is 18.9. The number of pyridine rings is 1. The van der Waals surface area contributed by atoms with Crippen molar-refractivity contribution in [3.05, 3.63) is 65.2 Å². The van der Waals surface area contributed by atoms with Gasteiger partial charge in [-0.1, -0.05) is 30.3 Å². The maximum absolute atomic E-state index is 12.7. The summed E-state index contributed by atoms with van der Waals surface area (Å²) in [6.45, 7) is 0.282. The zero-order valence-electron chi connectivity index (χ0n) is 14.1. The van der Waals surface area contributed by atoms with Crippen LogP contribution in [0.15, 0.2) is 54.1 Å². The Balaban J connectivity index is 1.64. The quantitative estimate of drug-likeness (QED) is 0.773. The molecule has 0 radical (unpaired) electrons. The molecule has 1 aliphatic heterocycles. The maximum Gasteiger partial charge on any atom is 0.416 e. The van der Waals surface area contributed by atoms with E-state index in [1.807, 2.05) is 6.07 Å². The van der Waals surface area contributed by atoms with E-state index in [9.17, 15) is 21.6 Å². The van der Waals surface area contributed by atoms with E-state index < -0.39 is 27.9 Å². The first-order chi connectivity index (χ1) is 12.7. The summed E-state index contributed by atoms with van der Waals surface area (Å²) < 4.78 is 69.8. The number of alkyl halides is 3. The first kappa shape index (κ1) is 19.4. The minimum atomic E-state index is -4.49. The molecule has 1 aromatic heterocycles. The fourth-order valence-electron chi connectivity index (χ4n) is 2.66. The second-order valence-electron chi connectivity index (χ2n) is 6.03. The van der Waals surface area contributed by atoms with Gasteiger partial charge in [-0.25, -0.2) is 13.4 Å². The summed E-state index contributed by atoms with van der Waals surface area (Å²) in [4.78, 5) is 3.78. The molecule has 0 spiro atoms. The average Bonchev–Trinajstić information content (AvgIpc) is 3.10. The number of benzene rings is 1. The molecule has 1 unspecified atom stereocenters. The van der Waals surface area contributed by atoms with Gasteiger partial charge in [0.2, 0.25) is 15.9 Å². The smallest absolute Gasteiger partial charge is 0.416 e. The number of rotatable bonds is 5. The lowest BCUT2D eigenvalue weighted by molar-refractivity contribution is -0.137. The molecule has 27 heavy (non-hydrogen) atoms. The van der Waals surface area contributed by atoms with Crippen LogP contribution in [0.4, 0.5) is 13.2 Å². The van der Waals surface area contributed by atoms with E-state index >= 15 is 0 Å². The molecular weight excluding hydrogens is 381 g/mol. The van der Waals surface area contributed by atoms with Gasteiger partial charge in [0, 0.05) is 24.2 Å². The Kier molecular flexibility index (Phi) is 5.52. The number of nitrogens with zero attached hydrogens (tertiary/aromatic N) is 2. The van der Waals surface area contributed by atoms with Crippen LogP contribution in [0.5, 0.6) is 5.88 Å². The van der Waals surface area contributed by atoms with E-state index in [1.54, 1.807) is 24.3 Å². The largest absolute Gasteiger partial charge is 0.473 e. The number of aromatic nitrogens is 1. The molecule has 9 heteroatoms. The van der Waals surface area contributed by atoms with E-state index in [-0.39, 0.29) is 19.0 Å². The number of sulfonamides is 1. The van der Waals surface area contributed by atoms with E-state index in [1.165, 1.54) is 10.4 Å². The molecular formula is C18H17F3N2O3S. The molecule has 1 aliphatic rings. The second kappa shape index (κ2) is 7.69. The molecule has 0 amide bonds. The summed E-state index contributed by atoms with van der Waals surface area (Å²) in [7, 11) is -3.64. The molecule has 1 aromatic carbocycles. The van der Waals surface area contributed by atoms with Crippen LogP contribution >= 0.6 is 0 Å². The predicted octanol–water partition coefficient (Wildman–Crippen LogP) is 3.55. The molecule has 2 heterocycles. The van der Waals surface area contributed by atoms with Gasteiger partial charge >= 0.3 is 6.18 Å². The van der Waals surface area contributed by atoms with Crippen molar-refractivity contribution in [1.29, 1.82) is 0 Å². The van der Waals surface area contributed by atoms with Crippen molar-refractivity contribution in [3.8, 4) is 5.88 Å². The number of ether oxygens (including phenoxy) is 1. The fourth-order valence-corrected chi connectivity index (χ4v) is 3.90. The van der Waals surface area contributed by atoms with Crippen LogP contribution in [0.2, 0.25) is 0 Å². The first-order valence-electron chi connectivity index (χ1n) is 8.17. The lowest BCUT2D eigenvalue weighted by Crippen LogP contribution is -2.29. The van der Waals surface area contributed by atoms with Crippen LogP contribution in [-0.2, 0) is 16.2 Å². The average molecular weight is 398 g/mol. The Morgan fingerprint density at radius 3 is 2.63 bits per heavy atom. The molecule has 1 atom stereocenters. The summed E-state index contributed by atoms with van der Waals surface area (Å²) in [6.07, 6.45) is -2.16. The highest BCUT2D eigenvalue weighted by atomic mass is 32.2. The minimum absolute atomic E-state index is 0.0549. The lowest BCUT2D eigenvalue weighted by atomic mass is 10.2. The Labute approximate surface area is 155 Å². The van der Waals surface area contributed by atoms with E-state index in [0.717, 1.165) is 29.3 Å². The van der Waals surface area contributed by atoms with Crippen molar-refractivity contribution in [2.24, 2.45) is 0 Å². The molecule has 1 saturated heterocycles. The lowest BCUT2D eigenvalue weighted by Gasteiger charge is -2.15. The molecule has 0 aliphatic carbocycles. The van der Waals surface area contributed by atoms with Crippen LogP contribution in [0.1, 0.15) is 17.5 Å². The summed E-state index contributed by atoms with van der Waals surface area (Å²) in [5.41, 5.74) is -0.109. The topological polar surface area (TPSA) is 59.5 Å². The summed E-state index contributed by atoms with van der Waals surface area (Å²) >= 11 is 0. The number of hydrogen-bond acceptors (Lipinski definition) is 4. The molecule has 0 saturated carbocycles. The van der Waals surface area contributed by atoms with Crippen LogP contribution in [-0.4, -0.2) is 36.9 Å². The van der Waals surface area contributed by atoms with E-state index in [2.05, 4.69) is 4.98 Å². The summed E-state index contributed by atoms with van der Waals surface area (Å²) in [6, 6.07) is 10.7. The van der Waals surface area contributed by atoms with Gasteiger partial charge in [0.15, 0.2) is 0 Å². The van der Waals surface area contributed by atoms with Crippen molar-refractivity contribution in [2.75, 3.05) is 13.1 Å². The Morgan fingerprint density at radius 2 is 1.93 bits per heavy atom. The molecule has 3 rings (SSSR count). The standard InChI is InChI=1S/C18H17F3N2O3S/c19-18(20,21)15-6-9-22-17(12-15)26-16-7-10-23(13-16)27(24,25)11-8-14-4-2-1-3-5-14/h1-6,8-9,11-12,16H,7,10,13H2/b11-8+. The van der Waals surface area contributed by atoms with Crippen LogP contribution < -0.4 is 4.74 Å². The Morgan fingerprint density at radius 1 is 1.19 bits per heavy atom. The minimum Gasteiger partial charge on any atom is -0.473 e. The Bertz CT molecular complexity index is 915. The van der Waals surface area contributed by atoms with Gasteiger partial charge in [0.1, 0.15) is 6.10 Å². The summed E-state index contributed by atoms with van der Waals surface area (Å²) in [5.74, 6) is -0.172. The van der Waals surface area contributed by atoms with Gasteiger partial charge in [-0.3, -0.25) is 0 Å². The second-order valence-corrected chi connectivity index (χ2v) is 7.84. The van der Waals surface area contributed by atoms with Crippen molar-refractivity contribution in [3.63, 3.8) is 0 Å². The van der Waals surface area contributed by atoms with Gasteiger partial charge in [0.05, 0.1) is 12.1 Å². The van der Waals surface area contributed by atoms with Crippen LogP contribution in [0.25, 0.3) is 6.08 Å². The summed E-state index contributed by atoms with van der Waals surface area (Å²) in [5, 5.41) is 1.12. The van der Waals surface area contributed by atoms with Gasteiger partial charge in [-0.2, -0.15) is 17.5 Å². The number of halogens is 3. The Hall–Kier alpha value is -2.39. The predicted molar refractivity (Wildman–Crippen MR) is 94.2 cm³/mol. The highest BCUT2D eigenvalue weighted by molar-refractivity contribution is 7.92. The highest BCUT2D eigenvalue weighted by Crippen LogP contribution is 2.31. The SMILES string of the molecule is O=S(=O)(/C=C/c1ccccc1)N1CCC(Oc2cc(C(F)(F)F)ccn2)C1. The van der Waals surface area contributed by atoms with Gasteiger partial charge in [-0.05, 0) is 24.1 Å². The van der Waals surface area contributed by atoms with Crippen molar-refractivity contribution in [1.82, 2.24) is 9.29 Å². The van der Waals surface area contributed by atoms with Crippen LogP contribution in [0, 0.1) is 0 Å². The first-order valence-corrected chi connectivity index (χ1v) is 9.67. The zero-order valence-corrected chi connectivity index (χ0v) is 14.9. The van der Waals surface area contributed by atoms with Gasteiger partial charge in [-0.15, -0.1) is 0 Å². The molecule has 0 N–H and O–H groups in total. The van der Waals surface area contributed by atoms with Gasteiger partial charge < -0.3 is 4.74 Å². The van der Waals surface area contributed by atoms with Crippen molar-refractivity contribution < 1.29 is 26.3 Å². The highest BCUT2D eigenvalue weighted by Gasteiger charge is 2.33.